The van der Waals surface area contributed by atoms with Crippen LogP contribution in [0.5, 0.6) is 0 Å². The summed E-state index contributed by atoms with van der Waals surface area (Å²) >= 11 is 0. The Morgan fingerprint density at radius 3 is 3.19 bits per heavy atom. The van der Waals surface area contributed by atoms with Crippen molar-refractivity contribution < 1.29 is 9.42 Å². The van der Waals surface area contributed by atoms with E-state index in [-0.39, 0.29) is 11.9 Å². The Balaban J connectivity index is 1.52. The number of aromatic nitrogens is 2. The molecule has 3 heterocycles. The zero-order valence-corrected chi connectivity index (χ0v) is 11.7. The molecule has 2 aliphatic heterocycles. The Kier molecular flexibility index (Phi) is 3.08. The first-order valence-corrected chi connectivity index (χ1v) is 7.25. The topological polar surface area (TPSA) is 74.5 Å². The molecule has 0 spiro atoms. The van der Waals surface area contributed by atoms with E-state index in [2.05, 4.69) is 25.4 Å². The van der Waals surface area contributed by atoms with Crippen LogP contribution >= 0.6 is 0 Å². The molecule has 2 aliphatic rings. The van der Waals surface area contributed by atoms with E-state index in [4.69, 9.17) is 4.63 Å². The molecule has 1 aromatic carbocycles. The van der Waals surface area contributed by atoms with Gasteiger partial charge >= 0.3 is 0 Å². The van der Waals surface area contributed by atoms with Gasteiger partial charge in [0.25, 0.3) is 0 Å². The Morgan fingerprint density at radius 1 is 1.29 bits per heavy atom. The molecule has 0 aliphatic carbocycles. The van der Waals surface area contributed by atoms with Gasteiger partial charge < -0.3 is 5.32 Å². The Morgan fingerprint density at radius 2 is 2.24 bits per heavy atom. The third-order valence-electron chi connectivity index (χ3n) is 4.34. The summed E-state index contributed by atoms with van der Waals surface area (Å²) < 4.78 is 4.81. The number of rotatable bonds is 2. The molecule has 2 saturated heterocycles. The van der Waals surface area contributed by atoms with Gasteiger partial charge in [-0.2, -0.15) is 0 Å². The predicted octanol–water partition coefficient (Wildman–Crippen LogP) is -0.161. The highest BCUT2D eigenvalue weighted by atomic mass is 16.6. The highest BCUT2D eigenvalue weighted by Crippen LogP contribution is 2.19. The van der Waals surface area contributed by atoms with Crippen molar-refractivity contribution in [1.29, 1.82) is 0 Å². The molecule has 4 rings (SSSR count). The van der Waals surface area contributed by atoms with E-state index in [1.165, 1.54) is 0 Å². The number of piperazine rings is 2. The van der Waals surface area contributed by atoms with E-state index in [1.54, 1.807) is 0 Å². The minimum absolute atomic E-state index is 0.0258. The van der Waals surface area contributed by atoms with Crippen LogP contribution in [0, 0.1) is 0 Å². The van der Waals surface area contributed by atoms with E-state index in [0.717, 1.165) is 55.9 Å². The summed E-state index contributed by atoms with van der Waals surface area (Å²) in [6.45, 7) is 5.14. The average molecular weight is 287 g/mol. The molecule has 2 fully saturated rings. The van der Waals surface area contributed by atoms with Crippen LogP contribution in [0.3, 0.4) is 0 Å². The zero-order valence-electron chi connectivity index (χ0n) is 11.7. The van der Waals surface area contributed by atoms with E-state index < -0.39 is 0 Å². The number of fused-ring (bicyclic) bond motifs is 2. The number of carbonyl (C=O) groups excluding carboxylic acids is 1. The number of nitrogens with zero attached hydrogens (tertiary/aromatic N) is 4. The van der Waals surface area contributed by atoms with Crippen LogP contribution in [-0.4, -0.2) is 64.8 Å². The molecule has 0 saturated carbocycles. The Bertz CT molecular complexity index is 670. The molecule has 1 aromatic heterocycles. The molecule has 1 atom stereocenters. The maximum atomic E-state index is 12.0. The summed E-state index contributed by atoms with van der Waals surface area (Å²) in [6, 6.07) is 5.87. The van der Waals surface area contributed by atoms with Crippen LogP contribution in [0.4, 0.5) is 0 Å². The molecule has 7 heteroatoms. The molecule has 0 bridgehead atoms. The van der Waals surface area contributed by atoms with Crippen molar-refractivity contribution in [2.45, 2.75) is 12.6 Å². The van der Waals surface area contributed by atoms with Gasteiger partial charge in [-0.3, -0.25) is 14.6 Å². The van der Waals surface area contributed by atoms with Crippen molar-refractivity contribution in [3.8, 4) is 0 Å². The van der Waals surface area contributed by atoms with Crippen molar-refractivity contribution in [3.05, 3.63) is 23.8 Å². The van der Waals surface area contributed by atoms with Gasteiger partial charge in [0, 0.05) is 39.3 Å². The van der Waals surface area contributed by atoms with E-state index in [9.17, 15) is 4.79 Å². The van der Waals surface area contributed by atoms with Gasteiger partial charge in [-0.15, -0.1) is 0 Å². The lowest BCUT2D eigenvalue weighted by atomic mass is 10.1. The average Bonchev–Trinajstić information content (AvgIpc) is 2.98. The molecular weight excluding hydrogens is 270 g/mol. The van der Waals surface area contributed by atoms with Crippen molar-refractivity contribution in [1.82, 2.24) is 25.4 Å². The largest absolute Gasteiger partial charge is 0.353 e. The number of amides is 1. The maximum absolute atomic E-state index is 12.0. The van der Waals surface area contributed by atoms with Crippen molar-refractivity contribution in [2.75, 3.05) is 32.7 Å². The minimum Gasteiger partial charge on any atom is -0.353 e. The van der Waals surface area contributed by atoms with Crippen LogP contribution in [0.15, 0.2) is 22.8 Å². The zero-order chi connectivity index (χ0) is 14.2. The van der Waals surface area contributed by atoms with Gasteiger partial charge in [0.1, 0.15) is 17.1 Å². The van der Waals surface area contributed by atoms with E-state index in [1.807, 2.05) is 18.2 Å². The van der Waals surface area contributed by atoms with Crippen LogP contribution in [0.1, 0.15) is 5.56 Å². The fourth-order valence-electron chi connectivity index (χ4n) is 3.21. The van der Waals surface area contributed by atoms with Crippen molar-refractivity contribution in [2.24, 2.45) is 0 Å². The van der Waals surface area contributed by atoms with Gasteiger partial charge in [-0.1, -0.05) is 12.1 Å². The molecule has 0 unspecified atom stereocenters. The molecule has 7 nitrogen and oxygen atoms in total. The quantitative estimate of drug-likeness (QED) is 0.827. The van der Waals surface area contributed by atoms with Gasteiger partial charge in [0.15, 0.2) is 0 Å². The van der Waals surface area contributed by atoms with Gasteiger partial charge in [0.05, 0.1) is 0 Å². The summed E-state index contributed by atoms with van der Waals surface area (Å²) in [5.41, 5.74) is 2.69. The van der Waals surface area contributed by atoms with Crippen molar-refractivity contribution in [3.63, 3.8) is 0 Å². The number of carbonyl (C=O) groups is 1. The minimum atomic E-state index is -0.0258. The molecule has 21 heavy (non-hydrogen) atoms. The second-order valence-corrected chi connectivity index (χ2v) is 5.63. The van der Waals surface area contributed by atoms with Crippen LogP contribution < -0.4 is 5.32 Å². The van der Waals surface area contributed by atoms with Gasteiger partial charge in [-0.05, 0) is 21.9 Å². The summed E-state index contributed by atoms with van der Waals surface area (Å²) in [5, 5.41) is 10.8. The molecule has 2 aromatic rings. The van der Waals surface area contributed by atoms with E-state index >= 15 is 0 Å². The monoisotopic (exact) mass is 287 g/mol. The highest BCUT2D eigenvalue weighted by Gasteiger charge is 2.34. The number of benzene rings is 1. The van der Waals surface area contributed by atoms with E-state index in [0.29, 0.717) is 0 Å². The summed E-state index contributed by atoms with van der Waals surface area (Å²) in [4.78, 5) is 16.6. The smallest absolute Gasteiger partial charge is 0.238 e. The summed E-state index contributed by atoms with van der Waals surface area (Å²) in [7, 11) is 0. The normalized spacial score (nSPS) is 24.0. The molecular formula is C14H17N5O2. The van der Waals surface area contributed by atoms with Gasteiger partial charge in [-0.25, -0.2) is 4.63 Å². The first kappa shape index (κ1) is 12.7. The lowest BCUT2D eigenvalue weighted by Gasteiger charge is -2.43. The second-order valence-electron chi connectivity index (χ2n) is 5.63. The molecule has 110 valence electrons. The Hall–Kier alpha value is -1.99. The number of hydrogen-bond donors (Lipinski definition) is 1. The second kappa shape index (κ2) is 5.09. The van der Waals surface area contributed by atoms with Crippen LogP contribution in [0.2, 0.25) is 0 Å². The SMILES string of the molecule is O=C1NCCN2CCN(Cc3cccc4nonc34)C[C@@H]12. The molecule has 0 radical (unpaired) electrons. The summed E-state index contributed by atoms with van der Waals surface area (Å²) in [5.74, 6) is 0.146. The number of hydrogen-bond acceptors (Lipinski definition) is 6. The fourth-order valence-corrected chi connectivity index (χ4v) is 3.21. The third-order valence-corrected chi connectivity index (χ3v) is 4.34. The van der Waals surface area contributed by atoms with Crippen LogP contribution in [0.25, 0.3) is 11.0 Å². The Labute approximate surface area is 121 Å². The highest BCUT2D eigenvalue weighted by molar-refractivity contribution is 5.83. The third kappa shape index (κ3) is 2.28. The van der Waals surface area contributed by atoms with Gasteiger partial charge in [0.2, 0.25) is 5.91 Å². The first-order valence-electron chi connectivity index (χ1n) is 7.25. The number of nitrogens with one attached hydrogen (secondary N) is 1. The predicted molar refractivity (Wildman–Crippen MR) is 75.5 cm³/mol. The maximum Gasteiger partial charge on any atom is 0.238 e. The molecule has 1 N–H and O–H groups in total. The van der Waals surface area contributed by atoms with Crippen molar-refractivity contribution >= 4 is 16.9 Å². The lowest BCUT2D eigenvalue weighted by Crippen LogP contribution is -2.63. The first-order chi connectivity index (χ1) is 10.3. The lowest BCUT2D eigenvalue weighted by molar-refractivity contribution is -0.131. The fraction of sp³-hybridized carbons (Fsp3) is 0.500. The summed E-state index contributed by atoms with van der Waals surface area (Å²) in [6.07, 6.45) is 0. The molecule has 1 amide bonds. The van der Waals surface area contributed by atoms with Crippen LogP contribution in [-0.2, 0) is 11.3 Å². The standard InChI is InChI=1S/C14H17N5O2/c20-14-12-9-18(6-7-19(12)5-4-15-14)8-10-2-1-3-11-13(10)17-21-16-11/h1-3,12H,4-9H2,(H,15,20)/t12-/m0/s1.